The number of ether oxygens (including phenoxy) is 2. The average molecular weight is 731 g/mol. The van der Waals surface area contributed by atoms with Crippen LogP contribution in [0.2, 0.25) is 0 Å². The van der Waals surface area contributed by atoms with Crippen molar-refractivity contribution in [3.8, 4) is 11.1 Å². The molecule has 1 heterocycles. The summed E-state index contributed by atoms with van der Waals surface area (Å²) in [6.07, 6.45) is -1.16. The van der Waals surface area contributed by atoms with Gasteiger partial charge in [0.25, 0.3) is 5.91 Å². The number of hydrogen-bond donors (Lipinski definition) is 2. The fourth-order valence-electron chi connectivity index (χ4n) is 6.52. The highest BCUT2D eigenvalue weighted by Gasteiger charge is 2.39. The molecule has 6 nitrogen and oxygen atoms in total. The smallest absolute Gasteiger partial charge is 0.257 e. The number of carbonyl (C=O) groups excluding carboxylic acids is 1. The maximum atomic E-state index is 14.1. The molecule has 0 radical (unpaired) electrons. The van der Waals surface area contributed by atoms with Gasteiger partial charge in [-0.3, -0.25) is 9.69 Å². The van der Waals surface area contributed by atoms with E-state index in [4.69, 9.17) is 9.47 Å². The number of likely N-dealkylation sites (N-methyl/N-ethyl adjacent to an activating group) is 1. The largest absolute Gasteiger partial charge is 0.392 e. The average Bonchev–Trinajstić information content (AvgIpc) is 3.19. The molecular weight excluding hydrogens is 691 g/mol. The van der Waals surface area contributed by atoms with Gasteiger partial charge in [-0.15, -0.1) is 0 Å². The molecule has 1 aliphatic heterocycles. The summed E-state index contributed by atoms with van der Waals surface area (Å²) < 4.78 is 82.3. The second-order valence-electron chi connectivity index (χ2n) is 13.3. The minimum atomic E-state index is -2.33. The summed E-state index contributed by atoms with van der Waals surface area (Å²) >= 11 is 0. The molecule has 1 amide bonds. The SMILES string of the molecule is C[C@@H]1[C@H](CN(C)[C@@H](C)c2ccccc2)O[C@H](c2ccc(-c3cccc(CNC(=O)c4c(F)c(F)c(F)c(F)c4F)c3)cc2)O[C@@H]1c1ccc(CO)cc1. The van der Waals surface area contributed by atoms with Crippen LogP contribution in [0.1, 0.15) is 70.5 Å². The Kier molecular flexibility index (Phi) is 11.7. The van der Waals surface area contributed by atoms with Crippen molar-refractivity contribution in [2.24, 2.45) is 5.92 Å². The molecule has 0 aliphatic carbocycles. The number of aliphatic hydroxyl groups is 1. The van der Waals surface area contributed by atoms with Crippen molar-refractivity contribution in [2.45, 2.75) is 51.5 Å². The lowest BCUT2D eigenvalue weighted by Gasteiger charge is -2.43. The van der Waals surface area contributed by atoms with Crippen LogP contribution < -0.4 is 5.32 Å². The van der Waals surface area contributed by atoms with Gasteiger partial charge in [0.2, 0.25) is 5.82 Å². The highest BCUT2D eigenvalue weighted by Crippen LogP contribution is 2.42. The van der Waals surface area contributed by atoms with E-state index in [1.165, 1.54) is 5.56 Å². The van der Waals surface area contributed by atoms with Crippen molar-refractivity contribution in [1.29, 1.82) is 0 Å². The number of aliphatic hydroxyl groups excluding tert-OH is 1. The lowest BCUT2D eigenvalue weighted by molar-refractivity contribution is -0.276. The van der Waals surface area contributed by atoms with Gasteiger partial charge in [-0.1, -0.05) is 104 Å². The van der Waals surface area contributed by atoms with Crippen molar-refractivity contribution in [3.05, 3.63) is 166 Å². The monoisotopic (exact) mass is 730 g/mol. The van der Waals surface area contributed by atoms with Crippen molar-refractivity contribution >= 4 is 5.91 Å². The molecule has 0 unspecified atom stereocenters. The van der Waals surface area contributed by atoms with Crippen LogP contribution in [-0.2, 0) is 22.6 Å². The third-order valence-corrected chi connectivity index (χ3v) is 9.87. The molecule has 11 heteroatoms. The Labute approximate surface area is 304 Å². The van der Waals surface area contributed by atoms with E-state index in [0.717, 1.165) is 27.8 Å². The van der Waals surface area contributed by atoms with E-state index in [0.29, 0.717) is 12.1 Å². The predicted molar refractivity (Wildman–Crippen MR) is 190 cm³/mol. The lowest BCUT2D eigenvalue weighted by atomic mass is 9.89. The number of nitrogens with one attached hydrogen (secondary N) is 1. The van der Waals surface area contributed by atoms with Crippen LogP contribution in [0, 0.1) is 35.0 Å². The minimum absolute atomic E-state index is 0.00626. The van der Waals surface area contributed by atoms with E-state index in [9.17, 15) is 31.9 Å². The molecule has 1 aliphatic rings. The quantitative estimate of drug-likeness (QED) is 0.0807. The predicted octanol–water partition coefficient (Wildman–Crippen LogP) is 8.96. The second kappa shape index (κ2) is 16.4. The Bertz CT molecular complexity index is 2020. The topological polar surface area (TPSA) is 71.0 Å². The highest BCUT2D eigenvalue weighted by atomic mass is 19.2. The first-order valence-corrected chi connectivity index (χ1v) is 17.2. The van der Waals surface area contributed by atoms with E-state index in [-0.39, 0.29) is 37.3 Å². The highest BCUT2D eigenvalue weighted by molar-refractivity contribution is 5.94. The fraction of sp³-hybridized carbons (Fsp3) is 0.262. The molecule has 0 spiro atoms. The summed E-state index contributed by atoms with van der Waals surface area (Å²) in [5.74, 6) is -12.5. The maximum absolute atomic E-state index is 14.1. The van der Waals surface area contributed by atoms with Crippen molar-refractivity contribution in [3.63, 3.8) is 0 Å². The number of benzene rings is 5. The van der Waals surface area contributed by atoms with E-state index >= 15 is 0 Å². The van der Waals surface area contributed by atoms with Gasteiger partial charge in [0.15, 0.2) is 29.6 Å². The van der Waals surface area contributed by atoms with Gasteiger partial charge in [0.1, 0.15) is 5.56 Å². The molecular formula is C42H39F5N2O4. The number of nitrogens with zero attached hydrogens (tertiary/aromatic N) is 1. The third kappa shape index (κ3) is 8.18. The lowest BCUT2D eigenvalue weighted by Crippen LogP contribution is -2.44. The Balaban J connectivity index is 1.19. The van der Waals surface area contributed by atoms with Crippen LogP contribution >= 0.6 is 0 Å². The molecule has 0 aromatic heterocycles. The second-order valence-corrected chi connectivity index (χ2v) is 13.3. The van der Waals surface area contributed by atoms with Crippen LogP contribution in [0.3, 0.4) is 0 Å². The van der Waals surface area contributed by atoms with E-state index < -0.39 is 46.8 Å². The number of amides is 1. The molecule has 5 aromatic rings. The summed E-state index contributed by atoms with van der Waals surface area (Å²) in [6, 6.07) is 32.7. The van der Waals surface area contributed by atoms with E-state index in [2.05, 4.69) is 43.2 Å². The first kappa shape index (κ1) is 37.8. The van der Waals surface area contributed by atoms with Crippen LogP contribution in [0.4, 0.5) is 22.0 Å². The Morgan fingerprint density at radius 1 is 0.755 bits per heavy atom. The van der Waals surface area contributed by atoms with E-state index in [1.54, 1.807) is 18.2 Å². The van der Waals surface area contributed by atoms with E-state index in [1.807, 2.05) is 72.8 Å². The zero-order valence-corrected chi connectivity index (χ0v) is 29.3. The molecule has 1 saturated heterocycles. The standard InChI is InChI=1S/C42H39F5N2O4/c1-24-33(22-49(3)25(2)28-9-5-4-6-10-28)52-42(53-40(24)30-14-12-26(23-50)13-15-30)31-18-16-29(17-19-31)32-11-7-8-27(20-32)21-48-41(51)34-35(43)37(45)39(47)38(46)36(34)44/h4-20,24-25,33,40,42,50H,21-23H2,1-3H3,(H,48,51)/t24-,25+,33+,40+,42+/m1/s1. The fourth-order valence-corrected chi connectivity index (χ4v) is 6.52. The summed E-state index contributed by atoms with van der Waals surface area (Å²) in [7, 11) is 2.08. The minimum Gasteiger partial charge on any atom is -0.392 e. The van der Waals surface area contributed by atoms with Crippen LogP contribution in [0.25, 0.3) is 11.1 Å². The Morgan fingerprint density at radius 2 is 1.38 bits per heavy atom. The molecule has 53 heavy (non-hydrogen) atoms. The number of carbonyl (C=O) groups is 1. The maximum Gasteiger partial charge on any atom is 0.257 e. The molecule has 5 aromatic carbocycles. The van der Waals surface area contributed by atoms with Gasteiger partial charge in [0.05, 0.1) is 18.8 Å². The van der Waals surface area contributed by atoms with Gasteiger partial charge in [-0.2, -0.15) is 0 Å². The first-order valence-electron chi connectivity index (χ1n) is 17.2. The normalized spacial score (nSPS) is 19.3. The van der Waals surface area contributed by atoms with Crippen molar-refractivity contribution in [2.75, 3.05) is 13.6 Å². The molecule has 0 saturated carbocycles. The summed E-state index contributed by atoms with van der Waals surface area (Å²) in [5.41, 5.74) is 4.35. The van der Waals surface area contributed by atoms with Gasteiger partial charge >= 0.3 is 0 Å². The zero-order valence-electron chi connectivity index (χ0n) is 29.3. The molecule has 5 atom stereocenters. The number of rotatable bonds is 11. The van der Waals surface area contributed by atoms with Crippen LogP contribution in [0.15, 0.2) is 103 Å². The molecule has 6 rings (SSSR count). The zero-order chi connectivity index (χ0) is 37.8. The molecule has 1 fully saturated rings. The van der Waals surface area contributed by atoms with Crippen LogP contribution in [-0.4, -0.2) is 35.6 Å². The molecule has 0 bridgehead atoms. The summed E-state index contributed by atoms with van der Waals surface area (Å²) in [6.45, 7) is 4.64. The van der Waals surface area contributed by atoms with Crippen molar-refractivity contribution < 1.29 is 41.3 Å². The van der Waals surface area contributed by atoms with Gasteiger partial charge in [-0.05, 0) is 53.4 Å². The Morgan fingerprint density at radius 3 is 2.02 bits per heavy atom. The van der Waals surface area contributed by atoms with Gasteiger partial charge < -0.3 is 19.9 Å². The molecule has 2 N–H and O–H groups in total. The Hall–Kier alpha value is -4.94. The number of hydrogen-bond acceptors (Lipinski definition) is 5. The van der Waals surface area contributed by atoms with Gasteiger partial charge in [0, 0.05) is 30.6 Å². The van der Waals surface area contributed by atoms with Crippen molar-refractivity contribution in [1.82, 2.24) is 10.2 Å². The van der Waals surface area contributed by atoms with Gasteiger partial charge in [-0.25, -0.2) is 22.0 Å². The molecule has 276 valence electrons. The summed E-state index contributed by atoms with van der Waals surface area (Å²) in [5, 5.41) is 11.8. The van der Waals surface area contributed by atoms with Crippen LogP contribution in [0.5, 0.6) is 0 Å². The number of halogens is 5. The summed E-state index contributed by atoms with van der Waals surface area (Å²) in [4.78, 5) is 14.7. The third-order valence-electron chi connectivity index (χ3n) is 9.87. The first-order chi connectivity index (χ1) is 25.5.